The molecule has 0 radical (unpaired) electrons. The Kier molecular flexibility index (Phi) is 5.71. The van der Waals surface area contributed by atoms with Crippen molar-refractivity contribution in [2.24, 2.45) is 0 Å². The van der Waals surface area contributed by atoms with E-state index < -0.39 is 0 Å². The SMILES string of the molecule is c1ccc(N2CCN(Cc3nsc(N4CCN(c5ccccn5)CC4)n3)CC2)nc1. The molecule has 2 aliphatic heterocycles. The lowest BCUT2D eigenvalue weighted by molar-refractivity contribution is 0.244. The molecule has 156 valence electrons. The Morgan fingerprint density at radius 3 is 1.83 bits per heavy atom. The molecule has 3 aromatic heterocycles. The standard InChI is InChI=1S/C21H26N8S/c1-3-7-22-19(5-1)27-11-9-26(10-12-27)17-18-24-21(30-25-18)29-15-13-28(14-16-29)20-6-2-4-8-23-20/h1-8H,9-17H2. The van der Waals surface area contributed by atoms with Crippen molar-refractivity contribution in [3.63, 3.8) is 0 Å². The van der Waals surface area contributed by atoms with Gasteiger partial charge in [-0.15, -0.1) is 0 Å². The van der Waals surface area contributed by atoms with Gasteiger partial charge < -0.3 is 14.7 Å². The van der Waals surface area contributed by atoms with Gasteiger partial charge in [0.05, 0.1) is 6.54 Å². The predicted molar refractivity (Wildman–Crippen MR) is 120 cm³/mol. The minimum atomic E-state index is 0.820. The first-order chi connectivity index (χ1) is 14.8. The Hall–Kier alpha value is -2.78. The third-order valence-corrected chi connectivity index (χ3v) is 6.51. The van der Waals surface area contributed by atoms with Gasteiger partial charge in [0, 0.05) is 76.3 Å². The summed E-state index contributed by atoms with van der Waals surface area (Å²) in [5.41, 5.74) is 0. The third-order valence-electron chi connectivity index (χ3n) is 5.69. The summed E-state index contributed by atoms with van der Waals surface area (Å²) in [6.07, 6.45) is 3.72. The van der Waals surface area contributed by atoms with E-state index in [2.05, 4.69) is 46.1 Å². The van der Waals surface area contributed by atoms with E-state index in [1.165, 1.54) is 11.5 Å². The third kappa shape index (κ3) is 4.36. The van der Waals surface area contributed by atoms with E-state index in [4.69, 9.17) is 4.98 Å². The van der Waals surface area contributed by atoms with Gasteiger partial charge in [-0.05, 0) is 24.3 Å². The van der Waals surface area contributed by atoms with E-state index in [-0.39, 0.29) is 0 Å². The molecule has 0 spiro atoms. The monoisotopic (exact) mass is 422 g/mol. The molecule has 0 bridgehead atoms. The average molecular weight is 423 g/mol. The van der Waals surface area contributed by atoms with Crippen molar-refractivity contribution in [3.8, 4) is 0 Å². The lowest BCUT2D eigenvalue weighted by Gasteiger charge is -2.35. The largest absolute Gasteiger partial charge is 0.354 e. The van der Waals surface area contributed by atoms with Crippen LogP contribution in [0.1, 0.15) is 5.82 Å². The second kappa shape index (κ2) is 8.93. The minimum Gasteiger partial charge on any atom is -0.354 e. The van der Waals surface area contributed by atoms with E-state index in [0.29, 0.717) is 0 Å². The number of anilines is 3. The maximum Gasteiger partial charge on any atom is 0.205 e. The zero-order valence-electron chi connectivity index (χ0n) is 17.0. The summed E-state index contributed by atoms with van der Waals surface area (Å²) >= 11 is 1.52. The predicted octanol–water partition coefficient (Wildman–Crippen LogP) is 1.98. The van der Waals surface area contributed by atoms with E-state index in [0.717, 1.165) is 81.5 Å². The maximum absolute atomic E-state index is 4.83. The summed E-state index contributed by atoms with van der Waals surface area (Å²) in [7, 11) is 0. The highest BCUT2D eigenvalue weighted by atomic mass is 32.1. The van der Waals surface area contributed by atoms with Gasteiger partial charge in [-0.1, -0.05) is 12.1 Å². The molecule has 0 atom stereocenters. The molecule has 3 aromatic rings. The number of hydrogen-bond donors (Lipinski definition) is 0. The van der Waals surface area contributed by atoms with Gasteiger partial charge in [0.2, 0.25) is 5.13 Å². The first-order valence-electron chi connectivity index (χ1n) is 10.5. The molecule has 0 amide bonds. The second-order valence-corrected chi connectivity index (χ2v) is 8.34. The van der Waals surface area contributed by atoms with Crippen molar-refractivity contribution >= 4 is 28.3 Å². The molecule has 0 saturated carbocycles. The summed E-state index contributed by atoms with van der Waals surface area (Å²) in [6.45, 7) is 8.64. The van der Waals surface area contributed by atoms with Gasteiger partial charge in [0.25, 0.3) is 0 Å². The van der Waals surface area contributed by atoms with E-state index >= 15 is 0 Å². The Balaban J connectivity index is 1.12. The van der Waals surface area contributed by atoms with Crippen LogP contribution in [0.4, 0.5) is 16.8 Å². The van der Waals surface area contributed by atoms with Gasteiger partial charge in [-0.3, -0.25) is 4.90 Å². The summed E-state index contributed by atoms with van der Waals surface area (Å²) < 4.78 is 4.64. The molecule has 2 saturated heterocycles. The fourth-order valence-corrected chi connectivity index (χ4v) is 4.71. The first-order valence-corrected chi connectivity index (χ1v) is 11.2. The number of piperazine rings is 2. The Labute approximate surface area is 181 Å². The molecule has 5 rings (SSSR count). The fourth-order valence-electron chi connectivity index (χ4n) is 3.98. The van der Waals surface area contributed by atoms with Crippen LogP contribution in [-0.2, 0) is 6.54 Å². The molecule has 2 aliphatic rings. The van der Waals surface area contributed by atoms with Gasteiger partial charge >= 0.3 is 0 Å². The maximum atomic E-state index is 4.83. The van der Waals surface area contributed by atoms with Crippen LogP contribution in [0.15, 0.2) is 48.8 Å². The van der Waals surface area contributed by atoms with E-state index in [1.54, 1.807) is 0 Å². The van der Waals surface area contributed by atoms with Crippen molar-refractivity contribution in [1.29, 1.82) is 0 Å². The first kappa shape index (κ1) is 19.2. The molecule has 5 heterocycles. The lowest BCUT2D eigenvalue weighted by atomic mass is 10.3. The Morgan fingerprint density at radius 2 is 1.27 bits per heavy atom. The van der Waals surface area contributed by atoms with Crippen LogP contribution in [0.5, 0.6) is 0 Å². The number of pyridine rings is 2. The highest BCUT2D eigenvalue weighted by molar-refractivity contribution is 7.09. The highest BCUT2D eigenvalue weighted by Crippen LogP contribution is 2.22. The van der Waals surface area contributed by atoms with Crippen molar-refractivity contribution in [2.75, 3.05) is 67.1 Å². The van der Waals surface area contributed by atoms with Crippen LogP contribution < -0.4 is 14.7 Å². The molecule has 0 aliphatic carbocycles. The molecular weight excluding hydrogens is 396 g/mol. The van der Waals surface area contributed by atoms with Crippen LogP contribution in [0.2, 0.25) is 0 Å². The zero-order valence-corrected chi connectivity index (χ0v) is 17.8. The molecule has 0 aromatic carbocycles. The van der Waals surface area contributed by atoms with Crippen molar-refractivity contribution in [2.45, 2.75) is 6.54 Å². The molecule has 0 unspecified atom stereocenters. The van der Waals surface area contributed by atoms with Crippen LogP contribution in [0.25, 0.3) is 0 Å². The Bertz CT molecular complexity index is 918. The van der Waals surface area contributed by atoms with Crippen LogP contribution >= 0.6 is 11.5 Å². The zero-order chi connectivity index (χ0) is 20.2. The summed E-state index contributed by atoms with van der Waals surface area (Å²) in [4.78, 5) is 23.2. The molecular formula is C21H26N8S. The number of hydrogen-bond acceptors (Lipinski definition) is 9. The van der Waals surface area contributed by atoms with E-state index in [1.807, 2.05) is 36.7 Å². The normalized spacial score (nSPS) is 18.1. The molecule has 0 N–H and O–H groups in total. The Morgan fingerprint density at radius 1 is 0.700 bits per heavy atom. The van der Waals surface area contributed by atoms with Crippen molar-refractivity contribution < 1.29 is 0 Å². The van der Waals surface area contributed by atoms with Gasteiger partial charge in [0.1, 0.15) is 11.6 Å². The van der Waals surface area contributed by atoms with Crippen molar-refractivity contribution in [1.82, 2.24) is 24.2 Å². The van der Waals surface area contributed by atoms with Gasteiger partial charge in [0.15, 0.2) is 5.82 Å². The van der Waals surface area contributed by atoms with Crippen LogP contribution in [-0.4, -0.2) is 76.6 Å². The highest BCUT2D eigenvalue weighted by Gasteiger charge is 2.23. The smallest absolute Gasteiger partial charge is 0.205 e. The summed E-state index contributed by atoms with van der Waals surface area (Å²) in [5.74, 6) is 3.06. The number of aromatic nitrogens is 4. The second-order valence-electron chi connectivity index (χ2n) is 7.61. The number of rotatable bonds is 5. The summed E-state index contributed by atoms with van der Waals surface area (Å²) in [5, 5.41) is 1.04. The quantitative estimate of drug-likeness (QED) is 0.619. The minimum absolute atomic E-state index is 0.820. The van der Waals surface area contributed by atoms with Gasteiger partial charge in [-0.2, -0.15) is 4.37 Å². The molecule has 8 nitrogen and oxygen atoms in total. The average Bonchev–Trinajstić information content (AvgIpc) is 3.29. The van der Waals surface area contributed by atoms with E-state index in [9.17, 15) is 0 Å². The topological polar surface area (TPSA) is 64.5 Å². The molecule has 30 heavy (non-hydrogen) atoms. The van der Waals surface area contributed by atoms with Crippen LogP contribution in [0, 0.1) is 0 Å². The lowest BCUT2D eigenvalue weighted by Crippen LogP contribution is -2.47. The van der Waals surface area contributed by atoms with Gasteiger partial charge in [-0.25, -0.2) is 15.0 Å². The molecule has 9 heteroatoms. The number of nitrogens with zero attached hydrogens (tertiary/aromatic N) is 8. The van der Waals surface area contributed by atoms with Crippen LogP contribution in [0.3, 0.4) is 0 Å². The van der Waals surface area contributed by atoms with Crippen molar-refractivity contribution in [3.05, 3.63) is 54.6 Å². The summed E-state index contributed by atoms with van der Waals surface area (Å²) in [6, 6.07) is 12.2. The molecule has 2 fully saturated rings. The fraction of sp³-hybridized carbons (Fsp3) is 0.429.